The van der Waals surface area contributed by atoms with Crippen LogP contribution >= 0.6 is 0 Å². The van der Waals surface area contributed by atoms with Crippen molar-refractivity contribution >= 4 is 11.7 Å². The lowest BCUT2D eigenvalue weighted by Gasteiger charge is -2.35. The van der Waals surface area contributed by atoms with Crippen LogP contribution < -0.4 is 4.90 Å². The first kappa shape index (κ1) is 16.3. The molecule has 0 aliphatic carbocycles. The molecule has 2 aromatic carbocycles. The van der Waals surface area contributed by atoms with Gasteiger partial charge in [0, 0.05) is 37.9 Å². The molecule has 0 atom stereocenters. The molecule has 1 aromatic heterocycles. The Kier molecular flexibility index (Phi) is 4.65. The van der Waals surface area contributed by atoms with Crippen molar-refractivity contribution in [1.82, 2.24) is 9.88 Å². The second-order valence-corrected chi connectivity index (χ2v) is 6.41. The summed E-state index contributed by atoms with van der Waals surface area (Å²) in [6.07, 6.45) is 1.81. The molecule has 0 N–H and O–H groups in total. The minimum atomic E-state index is 0.100. The molecule has 2 heterocycles. The van der Waals surface area contributed by atoms with Crippen LogP contribution in [-0.4, -0.2) is 42.0 Å². The summed E-state index contributed by atoms with van der Waals surface area (Å²) < 4.78 is 0. The number of carbonyl (C=O) groups excluding carboxylic acids is 1. The molecule has 1 amide bonds. The van der Waals surface area contributed by atoms with Gasteiger partial charge < -0.3 is 9.80 Å². The van der Waals surface area contributed by atoms with E-state index >= 15 is 0 Å². The third kappa shape index (κ3) is 3.45. The lowest BCUT2D eigenvalue weighted by atomic mass is 10.0. The maximum absolute atomic E-state index is 12.9. The Morgan fingerprint density at radius 1 is 0.769 bits per heavy atom. The summed E-state index contributed by atoms with van der Waals surface area (Å²) >= 11 is 0. The molecule has 0 spiro atoms. The monoisotopic (exact) mass is 343 g/mol. The minimum Gasteiger partial charge on any atom is -0.353 e. The normalized spacial score (nSPS) is 14.3. The van der Waals surface area contributed by atoms with E-state index in [-0.39, 0.29) is 5.91 Å². The second-order valence-electron chi connectivity index (χ2n) is 6.41. The molecule has 0 radical (unpaired) electrons. The van der Waals surface area contributed by atoms with Gasteiger partial charge in [-0.15, -0.1) is 0 Å². The molecule has 4 nitrogen and oxygen atoms in total. The van der Waals surface area contributed by atoms with E-state index in [1.807, 2.05) is 71.8 Å². The first-order valence-corrected chi connectivity index (χ1v) is 8.92. The average molecular weight is 343 g/mol. The average Bonchev–Trinajstić information content (AvgIpc) is 2.75. The molecule has 4 rings (SSSR count). The highest BCUT2D eigenvalue weighted by atomic mass is 16.2. The van der Waals surface area contributed by atoms with Gasteiger partial charge in [0.1, 0.15) is 5.82 Å². The summed E-state index contributed by atoms with van der Waals surface area (Å²) in [5, 5.41) is 0. The predicted molar refractivity (Wildman–Crippen MR) is 104 cm³/mol. The van der Waals surface area contributed by atoms with E-state index < -0.39 is 0 Å². The van der Waals surface area contributed by atoms with Crippen LogP contribution in [0.25, 0.3) is 11.1 Å². The largest absolute Gasteiger partial charge is 0.353 e. The first-order chi connectivity index (χ1) is 12.8. The Hall–Kier alpha value is -3.14. The molecule has 130 valence electrons. The predicted octanol–water partition coefficient (Wildman–Crippen LogP) is 3.71. The highest BCUT2D eigenvalue weighted by molar-refractivity contribution is 5.95. The van der Waals surface area contributed by atoms with Crippen molar-refractivity contribution in [3.8, 4) is 11.1 Å². The van der Waals surface area contributed by atoms with Crippen molar-refractivity contribution in [2.75, 3.05) is 31.1 Å². The van der Waals surface area contributed by atoms with Gasteiger partial charge in [-0.3, -0.25) is 4.79 Å². The van der Waals surface area contributed by atoms with Gasteiger partial charge in [-0.25, -0.2) is 4.98 Å². The molecule has 3 aromatic rings. The van der Waals surface area contributed by atoms with Crippen LogP contribution in [0.15, 0.2) is 79.0 Å². The van der Waals surface area contributed by atoms with Gasteiger partial charge in [0.05, 0.1) is 0 Å². The minimum absolute atomic E-state index is 0.100. The maximum Gasteiger partial charge on any atom is 0.253 e. The SMILES string of the molecule is O=C(c1cccc(-c2ccccc2)c1)N1CCN(c2ccccn2)CC1. The molecule has 26 heavy (non-hydrogen) atoms. The zero-order valence-electron chi connectivity index (χ0n) is 14.6. The molecule has 1 saturated heterocycles. The number of piperazine rings is 1. The van der Waals surface area contributed by atoms with Gasteiger partial charge in [-0.2, -0.15) is 0 Å². The number of benzene rings is 2. The van der Waals surface area contributed by atoms with Crippen molar-refractivity contribution in [2.24, 2.45) is 0 Å². The number of amides is 1. The molecule has 0 unspecified atom stereocenters. The van der Waals surface area contributed by atoms with Crippen molar-refractivity contribution in [2.45, 2.75) is 0 Å². The first-order valence-electron chi connectivity index (χ1n) is 8.92. The zero-order valence-corrected chi connectivity index (χ0v) is 14.6. The van der Waals surface area contributed by atoms with E-state index in [4.69, 9.17) is 0 Å². The summed E-state index contributed by atoms with van der Waals surface area (Å²) in [5.74, 6) is 1.08. The van der Waals surface area contributed by atoms with E-state index in [0.717, 1.165) is 35.6 Å². The number of hydrogen-bond donors (Lipinski definition) is 0. The number of aromatic nitrogens is 1. The Balaban J connectivity index is 1.46. The Morgan fingerprint density at radius 3 is 2.23 bits per heavy atom. The standard InChI is InChI=1S/C22H21N3O/c26-22(20-10-6-9-19(17-20)18-7-2-1-3-8-18)25-15-13-24(14-16-25)21-11-4-5-12-23-21/h1-12,17H,13-16H2. The van der Waals surface area contributed by atoms with Crippen LogP contribution in [0.1, 0.15) is 10.4 Å². The Labute approximate surface area is 153 Å². The van der Waals surface area contributed by atoms with Gasteiger partial charge in [0.2, 0.25) is 0 Å². The summed E-state index contributed by atoms with van der Waals surface area (Å²) in [6.45, 7) is 3.04. The van der Waals surface area contributed by atoms with Crippen LogP contribution in [0.2, 0.25) is 0 Å². The smallest absolute Gasteiger partial charge is 0.253 e. The van der Waals surface area contributed by atoms with Crippen molar-refractivity contribution in [1.29, 1.82) is 0 Å². The molecule has 1 fully saturated rings. The summed E-state index contributed by atoms with van der Waals surface area (Å²) in [4.78, 5) is 21.5. The quantitative estimate of drug-likeness (QED) is 0.727. The molecular formula is C22H21N3O. The van der Waals surface area contributed by atoms with E-state index in [1.165, 1.54) is 0 Å². The third-order valence-electron chi connectivity index (χ3n) is 4.76. The number of hydrogen-bond acceptors (Lipinski definition) is 3. The number of carbonyl (C=O) groups is 1. The van der Waals surface area contributed by atoms with Crippen molar-refractivity contribution in [3.05, 3.63) is 84.6 Å². The lowest BCUT2D eigenvalue weighted by molar-refractivity contribution is 0.0746. The van der Waals surface area contributed by atoms with Gasteiger partial charge in [-0.05, 0) is 35.4 Å². The van der Waals surface area contributed by atoms with Crippen molar-refractivity contribution < 1.29 is 4.79 Å². The summed E-state index contributed by atoms with van der Waals surface area (Å²) in [6, 6.07) is 24.0. The number of pyridine rings is 1. The van der Waals surface area contributed by atoms with Crippen LogP contribution in [0.4, 0.5) is 5.82 Å². The fourth-order valence-electron chi connectivity index (χ4n) is 3.32. The summed E-state index contributed by atoms with van der Waals surface area (Å²) in [7, 11) is 0. The highest BCUT2D eigenvalue weighted by Crippen LogP contribution is 2.21. The molecule has 1 aliphatic rings. The molecule has 1 aliphatic heterocycles. The van der Waals surface area contributed by atoms with Gasteiger partial charge in [-0.1, -0.05) is 48.5 Å². The van der Waals surface area contributed by atoms with Crippen LogP contribution in [-0.2, 0) is 0 Å². The maximum atomic E-state index is 12.9. The molecule has 0 saturated carbocycles. The Morgan fingerprint density at radius 2 is 1.50 bits per heavy atom. The van der Waals surface area contributed by atoms with Crippen LogP contribution in [0, 0.1) is 0 Å². The number of rotatable bonds is 3. The highest BCUT2D eigenvalue weighted by Gasteiger charge is 2.22. The number of nitrogens with zero attached hydrogens (tertiary/aromatic N) is 3. The molecule has 4 heteroatoms. The topological polar surface area (TPSA) is 36.4 Å². The second kappa shape index (κ2) is 7.40. The summed E-state index contributed by atoms with van der Waals surface area (Å²) in [5.41, 5.74) is 2.95. The van der Waals surface area contributed by atoms with E-state index in [0.29, 0.717) is 13.1 Å². The van der Waals surface area contributed by atoms with Gasteiger partial charge in [0.25, 0.3) is 5.91 Å². The van der Waals surface area contributed by atoms with Gasteiger partial charge in [0.15, 0.2) is 0 Å². The lowest BCUT2D eigenvalue weighted by Crippen LogP contribution is -2.49. The van der Waals surface area contributed by atoms with Crippen LogP contribution in [0.3, 0.4) is 0 Å². The van der Waals surface area contributed by atoms with E-state index in [1.54, 1.807) is 0 Å². The molecule has 0 bridgehead atoms. The molecular weight excluding hydrogens is 322 g/mol. The van der Waals surface area contributed by atoms with E-state index in [2.05, 4.69) is 22.0 Å². The van der Waals surface area contributed by atoms with E-state index in [9.17, 15) is 4.79 Å². The Bertz CT molecular complexity index is 872. The van der Waals surface area contributed by atoms with Crippen molar-refractivity contribution in [3.63, 3.8) is 0 Å². The third-order valence-corrected chi connectivity index (χ3v) is 4.76. The fraction of sp³-hybridized carbons (Fsp3) is 0.182. The zero-order chi connectivity index (χ0) is 17.8. The fourth-order valence-corrected chi connectivity index (χ4v) is 3.32. The van der Waals surface area contributed by atoms with Crippen LogP contribution in [0.5, 0.6) is 0 Å². The van der Waals surface area contributed by atoms with Gasteiger partial charge >= 0.3 is 0 Å². The number of anilines is 1.